The molecule has 0 spiro atoms. The zero-order valence-corrected chi connectivity index (χ0v) is 14.5. The van der Waals surface area contributed by atoms with E-state index in [0.717, 1.165) is 10.5 Å². The number of carbonyl (C=O) groups excluding carboxylic acids is 3. The molecule has 2 heterocycles. The minimum Gasteiger partial charge on any atom is -0.323 e. The fourth-order valence-corrected chi connectivity index (χ4v) is 3.23. The summed E-state index contributed by atoms with van der Waals surface area (Å²) in [6.07, 6.45) is 2.68. The monoisotopic (exact) mass is 358 g/mol. The van der Waals surface area contributed by atoms with Gasteiger partial charge in [-0.25, -0.2) is 9.78 Å². The third kappa shape index (κ3) is 3.85. The molecule has 0 saturated carbocycles. The second-order valence-electron chi connectivity index (χ2n) is 6.02. The van der Waals surface area contributed by atoms with Gasteiger partial charge in [0.25, 0.3) is 5.91 Å². The number of benzene rings is 1. The minimum absolute atomic E-state index is 0.328. The topological polar surface area (TPSA) is 91.4 Å². The summed E-state index contributed by atoms with van der Waals surface area (Å²) in [5, 5.41) is 7.44. The number of urea groups is 1. The van der Waals surface area contributed by atoms with E-state index in [1.165, 1.54) is 11.3 Å². The number of imide groups is 1. The van der Waals surface area contributed by atoms with Gasteiger partial charge in [-0.05, 0) is 25.3 Å². The van der Waals surface area contributed by atoms with Crippen LogP contribution in [0.5, 0.6) is 0 Å². The molecule has 1 aromatic heterocycles. The molecule has 25 heavy (non-hydrogen) atoms. The quantitative estimate of drug-likeness (QED) is 0.773. The van der Waals surface area contributed by atoms with Gasteiger partial charge in [-0.3, -0.25) is 14.5 Å². The summed E-state index contributed by atoms with van der Waals surface area (Å²) in [5.74, 6) is -0.839. The van der Waals surface area contributed by atoms with E-state index >= 15 is 0 Å². The second-order valence-corrected chi connectivity index (χ2v) is 6.92. The van der Waals surface area contributed by atoms with Crippen LogP contribution in [0.2, 0.25) is 0 Å². The van der Waals surface area contributed by atoms with Crippen molar-refractivity contribution in [3.05, 3.63) is 47.5 Å². The van der Waals surface area contributed by atoms with Crippen molar-refractivity contribution in [2.75, 3.05) is 11.9 Å². The van der Waals surface area contributed by atoms with Crippen molar-refractivity contribution in [1.29, 1.82) is 0 Å². The van der Waals surface area contributed by atoms with Crippen LogP contribution in [0.4, 0.5) is 9.93 Å². The van der Waals surface area contributed by atoms with Gasteiger partial charge in [0.05, 0.1) is 0 Å². The number of anilines is 1. The SMILES string of the molecule is C[C@@]1(CCc2ccccc2)NC(=O)N(CC(=O)Nc2nccs2)C1=O. The third-order valence-electron chi connectivity index (χ3n) is 4.08. The highest BCUT2D eigenvalue weighted by Gasteiger charge is 2.47. The predicted octanol–water partition coefficient (Wildman–Crippen LogP) is 2.02. The molecule has 3 rings (SSSR count). The lowest BCUT2D eigenvalue weighted by molar-refractivity contribution is -0.133. The Morgan fingerprint density at radius 2 is 2.08 bits per heavy atom. The van der Waals surface area contributed by atoms with Gasteiger partial charge in [0.1, 0.15) is 12.1 Å². The molecule has 1 atom stereocenters. The summed E-state index contributed by atoms with van der Waals surface area (Å²) in [4.78, 5) is 41.7. The van der Waals surface area contributed by atoms with Gasteiger partial charge in [-0.1, -0.05) is 30.3 Å². The number of hydrogen-bond acceptors (Lipinski definition) is 5. The Morgan fingerprint density at radius 1 is 1.32 bits per heavy atom. The smallest absolute Gasteiger partial charge is 0.323 e. The highest BCUT2D eigenvalue weighted by atomic mass is 32.1. The number of aryl methyl sites for hydroxylation is 1. The molecule has 4 amide bonds. The standard InChI is InChI=1S/C17H18N4O3S/c1-17(8-7-12-5-3-2-4-6-12)14(23)21(16(24)20-17)11-13(22)19-15-18-9-10-25-15/h2-6,9-10H,7-8,11H2,1H3,(H,20,24)(H,18,19,22)/t17-/m0/s1. The third-order valence-corrected chi connectivity index (χ3v) is 4.77. The van der Waals surface area contributed by atoms with E-state index < -0.39 is 17.5 Å². The minimum atomic E-state index is -1.01. The summed E-state index contributed by atoms with van der Waals surface area (Å²) >= 11 is 1.27. The maximum absolute atomic E-state index is 12.6. The lowest BCUT2D eigenvalue weighted by Crippen LogP contribution is -2.45. The fourth-order valence-electron chi connectivity index (χ4n) is 2.69. The average Bonchev–Trinajstić information content (AvgIpc) is 3.17. The van der Waals surface area contributed by atoms with E-state index in [4.69, 9.17) is 0 Å². The molecule has 2 aromatic rings. The predicted molar refractivity (Wildman–Crippen MR) is 94.2 cm³/mol. The maximum Gasteiger partial charge on any atom is 0.325 e. The molecule has 8 heteroatoms. The summed E-state index contributed by atoms with van der Waals surface area (Å²) < 4.78 is 0. The number of thiazole rings is 1. The number of amides is 4. The summed E-state index contributed by atoms with van der Waals surface area (Å²) in [5.41, 5.74) is 0.0831. The first-order chi connectivity index (χ1) is 12.0. The van der Waals surface area contributed by atoms with Crippen molar-refractivity contribution in [2.45, 2.75) is 25.3 Å². The van der Waals surface area contributed by atoms with Gasteiger partial charge in [-0.2, -0.15) is 0 Å². The second kappa shape index (κ2) is 7.02. The first-order valence-electron chi connectivity index (χ1n) is 7.85. The molecule has 7 nitrogen and oxygen atoms in total. The number of nitrogens with one attached hydrogen (secondary N) is 2. The van der Waals surface area contributed by atoms with Crippen molar-refractivity contribution >= 4 is 34.3 Å². The van der Waals surface area contributed by atoms with Gasteiger partial charge < -0.3 is 10.6 Å². The van der Waals surface area contributed by atoms with Crippen LogP contribution in [0.1, 0.15) is 18.9 Å². The normalized spacial score (nSPS) is 19.8. The number of carbonyl (C=O) groups is 3. The summed E-state index contributed by atoms with van der Waals surface area (Å²) in [7, 11) is 0. The molecule has 1 aromatic carbocycles. The molecule has 0 aliphatic carbocycles. The molecule has 1 aliphatic rings. The van der Waals surface area contributed by atoms with Crippen LogP contribution in [0.3, 0.4) is 0 Å². The van der Waals surface area contributed by atoms with E-state index in [2.05, 4.69) is 15.6 Å². The van der Waals surface area contributed by atoms with E-state index in [-0.39, 0.29) is 12.5 Å². The zero-order chi connectivity index (χ0) is 17.9. The van der Waals surface area contributed by atoms with Gasteiger partial charge in [0.2, 0.25) is 5.91 Å². The lowest BCUT2D eigenvalue weighted by atomic mass is 9.93. The molecular weight excluding hydrogens is 340 g/mol. The van der Waals surface area contributed by atoms with Gasteiger partial charge in [-0.15, -0.1) is 11.3 Å². The van der Waals surface area contributed by atoms with Crippen molar-refractivity contribution in [2.24, 2.45) is 0 Å². The van der Waals surface area contributed by atoms with Gasteiger partial charge >= 0.3 is 6.03 Å². The van der Waals surface area contributed by atoms with E-state index in [9.17, 15) is 14.4 Å². The largest absolute Gasteiger partial charge is 0.325 e. The Labute approximate surface area is 149 Å². The molecule has 1 aliphatic heterocycles. The van der Waals surface area contributed by atoms with Crippen LogP contribution in [-0.2, 0) is 16.0 Å². The van der Waals surface area contributed by atoms with Crippen LogP contribution in [0.25, 0.3) is 0 Å². The molecule has 130 valence electrons. The van der Waals surface area contributed by atoms with Crippen LogP contribution in [0, 0.1) is 0 Å². The number of hydrogen-bond donors (Lipinski definition) is 2. The fraction of sp³-hybridized carbons (Fsp3) is 0.294. The van der Waals surface area contributed by atoms with Crippen LogP contribution >= 0.6 is 11.3 Å². The van der Waals surface area contributed by atoms with Crippen molar-refractivity contribution in [1.82, 2.24) is 15.2 Å². The Bertz CT molecular complexity index is 778. The molecule has 1 fully saturated rings. The van der Waals surface area contributed by atoms with E-state index in [1.54, 1.807) is 18.5 Å². The Morgan fingerprint density at radius 3 is 2.76 bits per heavy atom. The van der Waals surface area contributed by atoms with Gasteiger partial charge in [0, 0.05) is 11.6 Å². The van der Waals surface area contributed by atoms with Crippen molar-refractivity contribution in [3.63, 3.8) is 0 Å². The Hall–Kier alpha value is -2.74. The molecule has 0 unspecified atom stereocenters. The highest BCUT2D eigenvalue weighted by Crippen LogP contribution is 2.23. The zero-order valence-electron chi connectivity index (χ0n) is 13.7. The number of aromatic nitrogens is 1. The molecular formula is C17H18N4O3S. The lowest BCUT2D eigenvalue weighted by Gasteiger charge is -2.21. The first-order valence-corrected chi connectivity index (χ1v) is 8.73. The summed E-state index contributed by atoms with van der Waals surface area (Å²) in [6, 6.07) is 9.20. The number of rotatable bonds is 6. The van der Waals surface area contributed by atoms with Crippen LogP contribution < -0.4 is 10.6 Å². The first kappa shape index (κ1) is 17.1. The van der Waals surface area contributed by atoms with E-state index in [0.29, 0.717) is 18.0 Å². The van der Waals surface area contributed by atoms with E-state index in [1.807, 2.05) is 30.3 Å². The van der Waals surface area contributed by atoms with Gasteiger partial charge in [0.15, 0.2) is 5.13 Å². The highest BCUT2D eigenvalue weighted by molar-refractivity contribution is 7.13. The van der Waals surface area contributed by atoms with Crippen LogP contribution in [-0.4, -0.2) is 39.8 Å². The summed E-state index contributed by atoms with van der Waals surface area (Å²) in [6.45, 7) is 1.36. The maximum atomic E-state index is 12.6. The molecule has 0 bridgehead atoms. The Kier molecular flexibility index (Phi) is 4.80. The van der Waals surface area contributed by atoms with Crippen LogP contribution in [0.15, 0.2) is 41.9 Å². The molecule has 2 N–H and O–H groups in total. The number of nitrogens with zero attached hydrogens (tertiary/aromatic N) is 2. The Balaban J connectivity index is 1.61. The average molecular weight is 358 g/mol. The van der Waals surface area contributed by atoms with Crippen molar-refractivity contribution < 1.29 is 14.4 Å². The molecule has 1 saturated heterocycles. The molecule has 0 radical (unpaired) electrons. The van der Waals surface area contributed by atoms with Crippen molar-refractivity contribution in [3.8, 4) is 0 Å².